The molecule has 166 valence electrons. The number of fused-ring (bicyclic) bond motifs is 1. The van der Waals surface area contributed by atoms with Gasteiger partial charge in [-0.25, -0.2) is 18.7 Å². The molecule has 0 aliphatic heterocycles. The zero-order valence-electron chi connectivity index (χ0n) is 17.7. The number of para-hydroxylation sites is 1. The van der Waals surface area contributed by atoms with Crippen LogP contribution in [0.15, 0.2) is 85.2 Å². The van der Waals surface area contributed by atoms with Crippen molar-refractivity contribution >= 4 is 28.3 Å². The maximum absolute atomic E-state index is 14.5. The number of benzene rings is 3. The van der Waals surface area contributed by atoms with Crippen molar-refractivity contribution in [2.75, 3.05) is 5.32 Å². The molecule has 0 fully saturated rings. The first-order valence-corrected chi connectivity index (χ1v) is 10.3. The van der Waals surface area contributed by atoms with Crippen LogP contribution in [0.2, 0.25) is 0 Å². The minimum absolute atomic E-state index is 0.239. The Hall–Kier alpha value is -4.72. The van der Waals surface area contributed by atoms with Crippen LogP contribution in [0.5, 0.6) is 0 Å². The number of primary amides is 1. The van der Waals surface area contributed by atoms with Crippen molar-refractivity contribution < 1.29 is 13.6 Å². The van der Waals surface area contributed by atoms with Gasteiger partial charge in [-0.3, -0.25) is 9.78 Å². The van der Waals surface area contributed by atoms with Crippen LogP contribution in [-0.4, -0.2) is 20.9 Å². The molecule has 1 amide bonds. The van der Waals surface area contributed by atoms with E-state index in [1.54, 1.807) is 60.9 Å². The normalized spacial score (nSPS) is 10.9. The van der Waals surface area contributed by atoms with Crippen molar-refractivity contribution in [1.82, 2.24) is 15.0 Å². The van der Waals surface area contributed by atoms with E-state index in [0.717, 1.165) is 6.07 Å². The largest absolute Gasteiger partial charge is 0.366 e. The van der Waals surface area contributed by atoms with E-state index in [1.165, 1.54) is 12.1 Å². The van der Waals surface area contributed by atoms with Gasteiger partial charge in [-0.05, 0) is 54.1 Å². The number of carbonyl (C=O) groups is 1. The summed E-state index contributed by atoms with van der Waals surface area (Å²) in [5.74, 6) is -1.12. The standard InChI is InChI=1S/C26H17F2N5O/c27-17-8-9-18(21(28)13-17)15-7-10-23-20(12-15)26(32-22-6-2-1-5-19(22)24(29)34)33-25(31-23)16-4-3-11-30-14-16/h1-14H,(H2,29,34)(H,31,32,33). The molecule has 0 unspecified atom stereocenters. The third-order valence-electron chi connectivity index (χ3n) is 5.30. The van der Waals surface area contributed by atoms with Gasteiger partial charge in [0.1, 0.15) is 17.5 Å². The van der Waals surface area contributed by atoms with Gasteiger partial charge in [0.05, 0.1) is 16.8 Å². The Morgan fingerprint density at radius 3 is 2.50 bits per heavy atom. The van der Waals surface area contributed by atoms with Crippen LogP contribution in [0, 0.1) is 11.6 Å². The molecule has 0 saturated heterocycles. The number of nitrogens with two attached hydrogens (primary N) is 1. The minimum Gasteiger partial charge on any atom is -0.366 e. The molecule has 34 heavy (non-hydrogen) atoms. The van der Waals surface area contributed by atoms with Crippen molar-refractivity contribution in [2.45, 2.75) is 0 Å². The Morgan fingerprint density at radius 2 is 1.74 bits per heavy atom. The first-order valence-electron chi connectivity index (χ1n) is 10.3. The number of rotatable bonds is 5. The number of halogens is 2. The number of nitrogens with zero attached hydrogens (tertiary/aromatic N) is 3. The highest BCUT2D eigenvalue weighted by atomic mass is 19.1. The SMILES string of the molecule is NC(=O)c1ccccc1Nc1nc(-c2cccnc2)nc2ccc(-c3ccc(F)cc3F)cc12. The molecular weight excluding hydrogens is 436 g/mol. The Morgan fingerprint density at radius 1 is 0.882 bits per heavy atom. The first-order chi connectivity index (χ1) is 16.5. The molecular formula is C26H17F2N5O. The van der Waals surface area contributed by atoms with E-state index in [4.69, 9.17) is 5.73 Å². The maximum Gasteiger partial charge on any atom is 0.250 e. The van der Waals surface area contributed by atoms with Gasteiger partial charge in [0.15, 0.2) is 5.82 Å². The fraction of sp³-hybridized carbons (Fsp3) is 0. The Bertz CT molecular complexity index is 1540. The highest BCUT2D eigenvalue weighted by Gasteiger charge is 2.15. The molecule has 3 N–H and O–H groups in total. The van der Waals surface area contributed by atoms with Gasteiger partial charge in [-0.1, -0.05) is 18.2 Å². The van der Waals surface area contributed by atoms with Crippen LogP contribution in [-0.2, 0) is 0 Å². The molecule has 8 heteroatoms. The summed E-state index contributed by atoms with van der Waals surface area (Å²) in [6.07, 6.45) is 3.29. The van der Waals surface area contributed by atoms with Crippen LogP contribution < -0.4 is 11.1 Å². The number of anilines is 2. The van der Waals surface area contributed by atoms with Crippen LogP contribution in [0.4, 0.5) is 20.3 Å². The van der Waals surface area contributed by atoms with Crippen molar-refractivity contribution in [1.29, 1.82) is 0 Å². The van der Waals surface area contributed by atoms with E-state index in [0.29, 0.717) is 39.4 Å². The zero-order chi connectivity index (χ0) is 23.7. The highest BCUT2D eigenvalue weighted by molar-refractivity contribution is 6.01. The molecule has 2 aromatic heterocycles. The number of pyridine rings is 1. The Kier molecular flexibility index (Phi) is 5.39. The Labute approximate surface area is 193 Å². The average Bonchev–Trinajstić information content (AvgIpc) is 2.84. The van der Waals surface area contributed by atoms with E-state index >= 15 is 0 Å². The van der Waals surface area contributed by atoms with Gasteiger partial charge < -0.3 is 11.1 Å². The van der Waals surface area contributed by atoms with Crippen LogP contribution in [0.1, 0.15) is 10.4 Å². The van der Waals surface area contributed by atoms with Crippen LogP contribution >= 0.6 is 0 Å². The molecule has 0 aliphatic rings. The van der Waals surface area contributed by atoms with Crippen molar-refractivity contribution in [3.05, 3.63) is 102 Å². The highest BCUT2D eigenvalue weighted by Crippen LogP contribution is 2.32. The monoisotopic (exact) mass is 453 g/mol. The lowest BCUT2D eigenvalue weighted by atomic mass is 10.0. The third kappa shape index (κ3) is 4.04. The first kappa shape index (κ1) is 21.1. The third-order valence-corrected chi connectivity index (χ3v) is 5.30. The van der Waals surface area contributed by atoms with E-state index in [1.807, 2.05) is 6.07 Å². The summed E-state index contributed by atoms with van der Waals surface area (Å²) < 4.78 is 27.9. The molecule has 3 aromatic carbocycles. The van der Waals surface area contributed by atoms with Gasteiger partial charge in [0.2, 0.25) is 0 Å². The summed E-state index contributed by atoms with van der Waals surface area (Å²) >= 11 is 0. The molecule has 0 atom stereocenters. The summed E-state index contributed by atoms with van der Waals surface area (Å²) in [5.41, 5.74) is 8.33. The van der Waals surface area contributed by atoms with Crippen LogP contribution in [0.3, 0.4) is 0 Å². The van der Waals surface area contributed by atoms with Crippen molar-refractivity contribution in [3.8, 4) is 22.5 Å². The van der Waals surface area contributed by atoms with Gasteiger partial charge in [-0.2, -0.15) is 0 Å². The van der Waals surface area contributed by atoms with Gasteiger partial charge in [0.25, 0.3) is 5.91 Å². The second-order valence-corrected chi connectivity index (χ2v) is 7.53. The summed E-state index contributed by atoms with van der Waals surface area (Å²) in [4.78, 5) is 25.4. The van der Waals surface area contributed by atoms with Gasteiger partial charge >= 0.3 is 0 Å². The molecule has 0 spiro atoms. The predicted molar refractivity (Wildman–Crippen MR) is 126 cm³/mol. The lowest BCUT2D eigenvalue weighted by Crippen LogP contribution is -2.13. The number of hydrogen-bond donors (Lipinski definition) is 2. The smallest absolute Gasteiger partial charge is 0.250 e. The molecule has 6 nitrogen and oxygen atoms in total. The number of nitrogens with one attached hydrogen (secondary N) is 1. The zero-order valence-corrected chi connectivity index (χ0v) is 17.7. The fourth-order valence-corrected chi connectivity index (χ4v) is 3.67. The molecule has 0 bridgehead atoms. The van der Waals surface area contributed by atoms with Crippen LogP contribution in [0.25, 0.3) is 33.4 Å². The summed E-state index contributed by atoms with van der Waals surface area (Å²) in [6.45, 7) is 0. The average molecular weight is 453 g/mol. The molecule has 2 heterocycles. The summed E-state index contributed by atoms with van der Waals surface area (Å²) in [7, 11) is 0. The topological polar surface area (TPSA) is 93.8 Å². The quantitative estimate of drug-likeness (QED) is 0.368. The van der Waals surface area contributed by atoms with Crippen molar-refractivity contribution in [3.63, 3.8) is 0 Å². The van der Waals surface area contributed by atoms with E-state index in [-0.39, 0.29) is 11.1 Å². The number of aromatic nitrogens is 3. The summed E-state index contributed by atoms with van der Waals surface area (Å²) in [6, 6.07) is 19.0. The summed E-state index contributed by atoms with van der Waals surface area (Å²) in [5, 5.41) is 3.76. The second kappa shape index (κ2) is 8.67. The fourth-order valence-electron chi connectivity index (χ4n) is 3.67. The molecule has 5 aromatic rings. The molecule has 0 aliphatic carbocycles. The minimum atomic E-state index is -0.680. The van der Waals surface area contributed by atoms with Crippen molar-refractivity contribution in [2.24, 2.45) is 5.73 Å². The number of amides is 1. The van der Waals surface area contributed by atoms with E-state index < -0.39 is 17.5 Å². The lowest BCUT2D eigenvalue weighted by Gasteiger charge is -2.14. The van der Waals surface area contributed by atoms with Gasteiger partial charge in [-0.15, -0.1) is 0 Å². The molecule has 5 rings (SSSR count). The lowest BCUT2D eigenvalue weighted by molar-refractivity contribution is 0.100. The molecule has 0 saturated carbocycles. The predicted octanol–water partition coefficient (Wildman–Crippen LogP) is 5.48. The van der Waals surface area contributed by atoms with E-state index in [2.05, 4.69) is 20.3 Å². The second-order valence-electron chi connectivity index (χ2n) is 7.53. The van der Waals surface area contributed by atoms with E-state index in [9.17, 15) is 13.6 Å². The number of hydrogen-bond acceptors (Lipinski definition) is 5. The number of carbonyl (C=O) groups excluding carboxylic acids is 1. The van der Waals surface area contributed by atoms with Gasteiger partial charge in [0, 0.05) is 35.0 Å². The molecule has 0 radical (unpaired) electrons. The maximum atomic E-state index is 14.5. The Balaban J connectivity index is 1.71.